The Morgan fingerprint density at radius 3 is 2.88 bits per heavy atom. The molecule has 0 N–H and O–H groups in total. The molecule has 4 rings (SSSR count). The van der Waals surface area contributed by atoms with E-state index in [9.17, 15) is 0 Å². The van der Waals surface area contributed by atoms with Crippen LogP contribution in [0, 0.1) is 5.92 Å². The topological polar surface area (TPSA) is 12.4 Å². The summed E-state index contributed by atoms with van der Waals surface area (Å²) in [4.78, 5) is 4.69. The largest absolute Gasteiger partial charge is 0.252 e. The van der Waals surface area contributed by atoms with Gasteiger partial charge < -0.3 is 0 Å². The second kappa shape index (κ2) is 2.94. The SMILES string of the molecule is C1=C2C(=Nc3ccccc32)CC=C1C1CC1. The summed E-state index contributed by atoms with van der Waals surface area (Å²) >= 11 is 0. The molecule has 1 heterocycles. The lowest BCUT2D eigenvalue weighted by atomic mass is 9.92. The monoisotopic (exact) mass is 207 g/mol. The third-order valence-electron chi connectivity index (χ3n) is 3.65. The third-order valence-corrected chi connectivity index (χ3v) is 3.65. The van der Waals surface area contributed by atoms with Crippen LogP contribution in [-0.2, 0) is 0 Å². The van der Waals surface area contributed by atoms with Gasteiger partial charge in [-0.15, -0.1) is 0 Å². The molecule has 78 valence electrons. The molecule has 1 aromatic carbocycles. The van der Waals surface area contributed by atoms with Crippen molar-refractivity contribution in [2.24, 2.45) is 10.9 Å². The molecule has 0 saturated heterocycles. The Labute approximate surface area is 95.2 Å². The van der Waals surface area contributed by atoms with E-state index in [1.807, 2.05) is 0 Å². The average Bonchev–Trinajstić information content (AvgIpc) is 3.10. The van der Waals surface area contributed by atoms with E-state index in [-0.39, 0.29) is 0 Å². The van der Waals surface area contributed by atoms with Gasteiger partial charge in [0.05, 0.1) is 11.4 Å². The van der Waals surface area contributed by atoms with Crippen LogP contribution in [0.5, 0.6) is 0 Å². The maximum Gasteiger partial charge on any atom is 0.0712 e. The quantitative estimate of drug-likeness (QED) is 0.662. The first kappa shape index (κ1) is 8.51. The highest BCUT2D eigenvalue weighted by molar-refractivity contribution is 6.30. The van der Waals surface area contributed by atoms with Crippen LogP contribution < -0.4 is 0 Å². The highest BCUT2D eigenvalue weighted by Crippen LogP contribution is 2.44. The number of para-hydroxylation sites is 1. The Morgan fingerprint density at radius 1 is 1.12 bits per heavy atom. The summed E-state index contributed by atoms with van der Waals surface area (Å²) in [5.41, 5.74) is 6.65. The summed E-state index contributed by atoms with van der Waals surface area (Å²) in [6.07, 6.45) is 8.51. The summed E-state index contributed by atoms with van der Waals surface area (Å²) in [6.45, 7) is 0. The Balaban J connectivity index is 1.84. The molecule has 16 heavy (non-hydrogen) atoms. The van der Waals surface area contributed by atoms with Crippen LogP contribution in [0.4, 0.5) is 5.69 Å². The second-order valence-electron chi connectivity index (χ2n) is 4.82. The van der Waals surface area contributed by atoms with Crippen LogP contribution in [0.1, 0.15) is 24.8 Å². The van der Waals surface area contributed by atoms with Gasteiger partial charge in [0.25, 0.3) is 0 Å². The fourth-order valence-corrected chi connectivity index (χ4v) is 2.62. The molecule has 1 saturated carbocycles. The first-order chi connectivity index (χ1) is 7.92. The van der Waals surface area contributed by atoms with Crippen molar-refractivity contribution < 1.29 is 0 Å². The summed E-state index contributed by atoms with van der Waals surface area (Å²) < 4.78 is 0. The lowest BCUT2D eigenvalue weighted by molar-refractivity contribution is 1.04. The lowest BCUT2D eigenvalue weighted by Crippen LogP contribution is -2.02. The van der Waals surface area contributed by atoms with Crippen LogP contribution in [0.2, 0.25) is 0 Å². The van der Waals surface area contributed by atoms with Gasteiger partial charge in [0.15, 0.2) is 0 Å². The minimum absolute atomic E-state index is 0.849. The first-order valence-electron chi connectivity index (χ1n) is 6.01. The smallest absolute Gasteiger partial charge is 0.0712 e. The Morgan fingerprint density at radius 2 is 2.00 bits per heavy atom. The number of hydrogen-bond donors (Lipinski definition) is 0. The van der Waals surface area contributed by atoms with E-state index < -0.39 is 0 Å². The molecular formula is C15H13N. The average molecular weight is 207 g/mol. The number of fused-ring (bicyclic) bond motifs is 3. The molecule has 1 fully saturated rings. The molecule has 0 amide bonds. The first-order valence-corrected chi connectivity index (χ1v) is 6.01. The molecule has 1 nitrogen and oxygen atoms in total. The second-order valence-corrected chi connectivity index (χ2v) is 4.82. The Hall–Kier alpha value is -1.63. The molecule has 0 atom stereocenters. The van der Waals surface area contributed by atoms with Crippen molar-refractivity contribution in [3.05, 3.63) is 47.6 Å². The van der Waals surface area contributed by atoms with Crippen molar-refractivity contribution in [3.63, 3.8) is 0 Å². The van der Waals surface area contributed by atoms with E-state index in [0.29, 0.717) is 0 Å². The predicted octanol–water partition coefficient (Wildman–Crippen LogP) is 3.90. The maximum absolute atomic E-state index is 4.69. The molecule has 1 aliphatic heterocycles. The summed E-state index contributed by atoms with van der Waals surface area (Å²) in [5, 5.41) is 0. The van der Waals surface area contributed by atoms with Gasteiger partial charge in [0, 0.05) is 17.6 Å². The highest BCUT2D eigenvalue weighted by Gasteiger charge is 2.29. The molecule has 1 aromatic rings. The van der Waals surface area contributed by atoms with Gasteiger partial charge in [-0.3, -0.25) is 4.99 Å². The van der Waals surface area contributed by atoms with Crippen LogP contribution >= 0.6 is 0 Å². The fraction of sp³-hybridized carbons (Fsp3) is 0.267. The van der Waals surface area contributed by atoms with Gasteiger partial charge in [0.1, 0.15) is 0 Å². The van der Waals surface area contributed by atoms with E-state index in [4.69, 9.17) is 4.99 Å². The molecule has 0 spiro atoms. The number of benzene rings is 1. The summed E-state index contributed by atoms with van der Waals surface area (Å²) in [7, 11) is 0. The third kappa shape index (κ3) is 1.15. The van der Waals surface area contributed by atoms with Crippen LogP contribution in [-0.4, -0.2) is 5.71 Å². The minimum Gasteiger partial charge on any atom is -0.252 e. The van der Waals surface area contributed by atoms with E-state index in [0.717, 1.165) is 18.0 Å². The molecule has 0 bridgehead atoms. The van der Waals surface area contributed by atoms with Crippen LogP contribution in [0.25, 0.3) is 5.57 Å². The van der Waals surface area contributed by atoms with Crippen molar-refractivity contribution in [1.29, 1.82) is 0 Å². The van der Waals surface area contributed by atoms with Gasteiger partial charge >= 0.3 is 0 Å². The van der Waals surface area contributed by atoms with Crippen molar-refractivity contribution in [1.82, 2.24) is 0 Å². The summed E-state index contributed by atoms with van der Waals surface area (Å²) in [6, 6.07) is 8.47. The van der Waals surface area contributed by atoms with Crippen LogP contribution in [0.15, 0.2) is 47.0 Å². The zero-order valence-electron chi connectivity index (χ0n) is 9.11. The van der Waals surface area contributed by atoms with Crippen molar-refractivity contribution in [3.8, 4) is 0 Å². The zero-order valence-corrected chi connectivity index (χ0v) is 9.11. The molecule has 0 unspecified atom stereocenters. The highest BCUT2D eigenvalue weighted by atomic mass is 14.8. The van der Waals surface area contributed by atoms with E-state index in [2.05, 4.69) is 36.4 Å². The lowest BCUT2D eigenvalue weighted by Gasteiger charge is -2.11. The number of hydrogen-bond acceptors (Lipinski definition) is 1. The molecule has 0 aromatic heterocycles. The van der Waals surface area contributed by atoms with Crippen LogP contribution in [0.3, 0.4) is 0 Å². The predicted molar refractivity (Wildman–Crippen MR) is 66.9 cm³/mol. The minimum atomic E-state index is 0.849. The van der Waals surface area contributed by atoms with Gasteiger partial charge in [-0.25, -0.2) is 0 Å². The summed E-state index contributed by atoms with van der Waals surface area (Å²) in [5.74, 6) is 0.849. The zero-order chi connectivity index (χ0) is 10.5. The normalized spacial score (nSPS) is 21.9. The van der Waals surface area contributed by atoms with Crippen molar-refractivity contribution in [2.75, 3.05) is 0 Å². The van der Waals surface area contributed by atoms with E-state index in [1.165, 1.54) is 29.7 Å². The van der Waals surface area contributed by atoms with E-state index >= 15 is 0 Å². The maximum atomic E-state index is 4.69. The standard InChI is InChI=1S/C15H13N/c1-2-4-14-12(3-1)13-9-11(10-5-6-10)7-8-15(13)16-14/h1-4,7,9-10H,5-6,8H2. The Bertz CT molecular complexity index is 557. The molecule has 1 heteroatoms. The van der Waals surface area contributed by atoms with Gasteiger partial charge in [-0.2, -0.15) is 0 Å². The number of rotatable bonds is 1. The molecule has 3 aliphatic rings. The van der Waals surface area contributed by atoms with Gasteiger partial charge in [-0.05, 0) is 36.5 Å². The van der Waals surface area contributed by atoms with Gasteiger partial charge in [0.2, 0.25) is 0 Å². The van der Waals surface area contributed by atoms with Crippen molar-refractivity contribution in [2.45, 2.75) is 19.3 Å². The molecular weight excluding hydrogens is 194 g/mol. The number of nitrogens with zero attached hydrogens (tertiary/aromatic N) is 1. The Kier molecular flexibility index (Phi) is 1.57. The number of aliphatic imine (C=N–C) groups is 1. The molecule has 2 aliphatic carbocycles. The fourth-order valence-electron chi connectivity index (χ4n) is 2.62. The van der Waals surface area contributed by atoms with Crippen molar-refractivity contribution >= 4 is 17.0 Å². The van der Waals surface area contributed by atoms with Gasteiger partial charge in [-0.1, -0.05) is 24.3 Å². The van der Waals surface area contributed by atoms with E-state index in [1.54, 1.807) is 5.57 Å². The number of allylic oxidation sites excluding steroid dienone is 4. The molecule has 0 radical (unpaired) electrons.